The summed E-state index contributed by atoms with van der Waals surface area (Å²) in [5.41, 5.74) is 7.10. The van der Waals surface area contributed by atoms with Gasteiger partial charge in [0.25, 0.3) is 0 Å². The third kappa shape index (κ3) is 6.58. The van der Waals surface area contributed by atoms with E-state index in [0.717, 1.165) is 44.9 Å². The third-order valence-electron chi connectivity index (χ3n) is 5.24. The van der Waals surface area contributed by atoms with Gasteiger partial charge in [-0.2, -0.15) is 0 Å². The van der Waals surface area contributed by atoms with E-state index in [-0.39, 0.29) is 17.8 Å². The number of nitrogens with zero attached hydrogens (tertiary/aromatic N) is 1. The van der Waals surface area contributed by atoms with Crippen LogP contribution in [0.3, 0.4) is 0 Å². The Morgan fingerprint density at radius 2 is 1.79 bits per heavy atom. The molecular formula is C28H36FNO2S. The summed E-state index contributed by atoms with van der Waals surface area (Å²) in [6.07, 6.45) is 3.92. The maximum absolute atomic E-state index is 13.6. The Balaban J connectivity index is 0.00000187. The molecule has 5 heteroatoms. The molecule has 0 saturated heterocycles. The van der Waals surface area contributed by atoms with Gasteiger partial charge in [0.2, 0.25) is 0 Å². The summed E-state index contributed by atoms with van der Waals surface area (Å²) < 4.78 is 24.8. The van der Waals surface area contributed by atoms with Crippen molar-refractivity contribution in [3.8, 4) is 0 Å². The maximum atomic E-state index is 13.6. The minimum Gasteiger partial charge on any atom is -0.504 e. The van der Waals surface area contributed by atoms with Crippen LogP contribution in [0, 0.1) is 11.7 Å². The van der Waals surface area contributed by atoms with Gasteiger partial charge in [0.15, 0.2) is 0 Å². The van der Waals surface area contributed by atoms with Crippen molar-refractivity contribution >= 4 is 23.3 Å². The van der Waals surface area contributed by atoms with Crippen molar-refractivity contribution < 1.29 is 13.3 Å². The van der Waals surface area contributed by atoms with Gasteiger partial charge in [0.05, 0.1) is 31.7 Å². The first-order valence-electron chi connectivity index (χ1n) is 11.6. The van der Waals surface area contributed by atoms with E-state index in [0.29, 0.717) is 6.61 Å². The zero-order chi connectivity index (χ0) is 24.4. The molecule has 1 atom stereocenters. The number of rotatable bonds is 7. The smallest absolute Gasteiger partial charge is 0.123 e. The highest BCUT2D eigenvalue weighted by Gasteiger charge is 2.29. The molecule has 3 nitrogen and oxygen atoms in total. The average Bonchev–Trinajstić information content (AvgIpc) is 2.95. The number of fused-ring (bicyclic) bond motifs is 1. The van der Waals surface area contributed by atoms with Crippen LogP contribution in [0.2, 0.25) is 0 Å². The van der Waals surface area contributed by atoms with Crippen LogP contribution in [0.4, 0.5) is 4.39 Å². The molecule has 0 fully saturated rings. The second kappa shape index (κ2) is 13.4. The summed E-state index contributed by atoms with van der Waals surface area (Å²) >= 11 is 1.46. The van der Waals surface area contributed by atoms with Gasteiger partial charge in [0.1, 0.15) is 5.82 Å². The Bertz CT molecular complexity index is 993. The number of benzene rings is 2. The first-order valence-corrected chi connectivity index (χ1v) is 12.5. The highest BCUT2D eigenvalue weighted by Crippen LogP contribution is 2.38. The van der Waals surface area contributed by atoms with Crippen molar-refractivity contribution in [1.29, 1.82) is 0 Å². The molecule has 0 N–H and O–H groups in total. The normalized spacial score (nSPS) is 17.8. The standard InChI is InChI=1S/C26H30FNO2S.C2H6/c1-6-21-23-14-18(15-30-31-7-2)8-13-22(23)26(19-9-11-20(27)12-10-19)28-25(17(3)4)24(21)16-29-5;1-2/h6,8-14,16-17,25H,7,15H2,1-5H3;1-2H3/b21-6-,24-16+;/t25-;/m0./s1. The number of ether oxygens (including phenoxy) is 1. The SMILES string of the molecule is C/C=C1\C(=C/OC)[C@H](C(C)C)N=C(c2ccc(F)cc2)c2ccc(COSCC)cc21.CC. The van der Waals surface area contributed by atoms with E-state index in [1.54, 1.807) is 25.5 Å². The predicted octanol–water partition coefficient (Wildman–Crippen LogP) is 7.85. The van der Waals surface area contributed by atoms with Crippen LogP contribution < -0.4 is 0 Å². The second-order valence-electron chi connectivity index (χ2n) is 7.73. The lowest BCUT2D eigenvalue weighted by Gasteiger charge is -2.21. The molecule has 1 aliphatic rings. The molecule has 0 bridgehead atoms. The molecule has 2 aromatic rings. The Morgan fingerprint density at radius 3 is 2.36 bits per heavy atom. The number of hydrogen-bond donors (Lipinski definition) is 0. The van der Waals surface area contributed by atoms with E-state index < -0.39 is 0 Å². The van der Waals surface area contributed by atoms with E-state index >= 15 is 0 Å². The first kappa shape index (κ1) is 26.9. The van der Waals surface area contributed by atoms with E-state index in [2.05, 4.69) is 45.0 Å². The highest BCUT2D eigenvalue weighted by atomic mass is 32.2. The van der Waals surface area contributed by atoms with Crippen LogP contribution >= 0.6 is 12.0 Å². The van der Waals surface area contributed by atoms with Gasteiger partial charge in [-0.05, 0) is 71.9 Å². The number of aliphatic imine (C=N–C) groups is 1. The zero-order valence-electron chi connectivity index (χ0n) is 20.8. The molecule has 178 valence electrons. The van der Waals surface area contributed by atoms with Crippen molar-refractivity contribution in [1.82, 2.24) is 0 Å². The summed E-state index contributed by atoms with van der Waals surface area (Å²) in [6.45, 7) is 13.0. The quantitative estimate of drug-likeness (QED) is 0.235. The Hall–Kier alpha value is -2.37. The monoisotopic (exact) mass is 469 g/mol. The van der Waals surface area contributed by atoms with Gasteiger partial charge < -0.3 is 8.92 Å². The van der Waals surface area contributed by atoms with Crippen LogP contribution in [0.25, 0.3) is 5.57 Å². The second-order valence-corrected chi connectivity index (χ2v) is 8.78. The molecule has 0 aromatic heterocycles. The molecule has 0 radical (unpaired) electrons. The molecule has 33 heavy (non-hydrogen) atoms. The Kier molecular flexibility index (Phi) is 10.9. The van der Waals surface area contributed by atoms with Crippen LogP contribution in [-0.2, 0) is 15.5 Å². The van der Waals surface area contributed by atoms with E-state index in [9.17, 15) is 4.39 Å². The van der Waals surface area contributed by atoms with Gasteiger partial charge in [-0.3, -0.25) is 4.99 Å². The molecule has 0 amide bonds. The van der Waals surface area contributed by atoms with Crippen molar-refractivity contribution in [3.05, 3.63) is 88.4 Å². The van der Waals surface area contributed by atoms with Crippen molar-refractivity contribution in [2.24, 2.45) is 10.9 Å². The molecule has 1 aliphatic heterocycles. The lowest BCUT2D eigenvalue weighted by molar-refractivity contribution is 0.331. The summed E-state index contributed by atoms with van der Waals surface area (Å²) in [5, 5.41) is 0. The minimum atomic E-state index is -0.256. The Labute approximate surface area is 203 Å². The largest absolute Gasteiger partial charge is 0.504 e. The fourth-order valence-corrected chi connectivity index (χ4v) is 4.21. The fraction of sp³-hybridized carbons (Fsp3) is 0.393. The molecule has 1 heterocycles. The van der Waals surface area contributed by atoms with Crippen molar-refractivity contribution in [3.63, 3.8) is 0 Å². The number of hydrogen-bond acceptors (Lipinski definition) is 4. The maximum Gasteiger partial charge on any atom is 0.123 e. The van der Waals surface area contributed by atoms with Gasteiger partial charge in [-0.1, -0.05) is 52.8 Å². The molecule has 2 aromatic carbocycles. The number of methoxy groups -OCH3 is 1. The molecule has 0 aliphatic carbocycles. The topological polar surface area (TPSA) is 30.8 Å². The number of halogens is 1. The summed E-state index contributed by atoms with van der Waals surface area (Å²) in [6, 6.07) is 12.8. The van der Waals surface area contributed by atoms with Crippen LogP contribution in [0.5, 0.6) is 0 Å². The molecular weight excluding hydrogens is 433 g/mol. The van der Waals surface area contributed by atoms with Crippen LogP contribution in [0.15, 0.2) is 65.4 Å². The fourth-order valence-electron chi connectivity index (χ4n) is 3.82. The lowest BCUT2D eigenvalue weighted by Crippen LogP contribution is -2.18. The summed E-state index contributed by atoms with van der Waals surface area (Å²) in [4.78, 5) is 5.19. The molecule has 0 unspecified atom stereocenters. The van der Waals surface area contributed by atoms with Crippen LogP contribution in [-0.4, -0.2) is 24.6 Å². The van der Waals surface area contributed by atoms with Gasteiger partial charge in [-0.25, -0.2) is 4.39 Å². The van der Waals surface area contributed by atoms with E-state index in [1.807, 2.05) is 20.8 Å². The zero-order valence-corrected chi connectivity index (χ0v) is 21.6. The average molecular weight is 470 g/mol. The van der Waals surface area contributed by atoms with Gasteiger partial charge in [-0.15, -0.1) is 0 Å². The van der Waals surface area contributed by atoms with E-state index in [1.165, 1.54) is 24.2 Å². The lowest BCUT2D eigenvalue weighted by atomic mass is 9.86. The van der Waals surface area contributed by atoms with Gasteiger partial charge in [0, 0.05) is 22.5 Å². The first-order chi connectivity index (χ1) is 16.0. The Morgan fingerprint density at radius 1 is 1.09 bits per heavy atom. The summed E-state index contributed by atoms with van der Waals surface area (Å²) in [7, 11) is 1.67. The van der Waals surface area contributed by atoms with Crippen molar-refractivity contribution in [2.45, 2.75) is 54.2 Å². The molecule has 0 spiro atoms. The van der Waals surface area contributed by atoms with E-state index in [4.69, 9.17) is 13.9 Å². The van der Waals surface area contributed by atoms with Crippen LogP contribution in [0.1, 0.15) is 63.8 Å². The number of allylic oxidation sites excluding steroid dienone is 1. The summed E-state index contributed by atoms with van der Waals surface area (Å²) in [5.74, 6) is 0.905. The van der Waals surface area contributed by atoms with Gasteiger partial charge >= 0.3 is 0 Å². The molecule has 3 rings (SSSR count). The highest BCUT2D eigenvalue weighted by molar-refractivity contribution is 7.94. The predicted molar refractivity (Wildman–Crippen MR) is 140 cm³/mol. The molecule has 0 saturated carbocycles. The minimum absolute atomic E-state index is 0.0889. The van der Waals surface area contributed by atoms with Crippen molar-refractivity contribution in [2.75, 3.05) is 12.9 Å². The third-order valence-corrected chi connectivity index (χ3v) is 5.76.